The van der Waals surface area contributed by atoms with Gasteiger partial charge < -0.3 is 5.11 Å². The van der Waals surface area contributed by atoms with Crippen LogP contribution in [0.25, 0.3) is 5.78 Å². The minimum absolute atomic E-state index is 0.0507. The quantitative estimate of drug-likeness (QED) is 0.595. The van der Waals surface area contributed by atoms with Gasteiger partial charge in [-0.05, 0) is 10.4 Å². The van der Waals surface area contributed by atoms with Crippen LogP contribution in [0.2, 0.25) is 0 Å². The molecule has 0 atom stereocenters. The highest BCUT2D eigenvalue weighted by Gasteiger charge is 2.05. The van der Waals surface area contributed by atoms with Crippen molar-refractivity contribution < 1.29 is 9.90 Å². The second-order valence-corrected chi connectivity index (χ2v) is 2.07. The molecule has 0 bridgehead atoms. The Morgan fingerprint density at radius 3 is 3.17 bits per heavy atom. The highest BCUT2D eigenvalue weighted by atomic mass is 16.4. The minimum atomic E-state index is -1.06. The summed E-state index contributed by atoms with van der Waals surface area (Å²) in [6.45, 7) is 0. The molecule has 60 valence electrons. The van der Waals surface area contributed by atoms with Gasteiger partial charge in [0.1, 0.15) is 0 Å². The van der Waals surface area contributed by atoms with Crippen molar-refractivity contribution in [2.75, 3.05) is 0 Å². The van der Waals surface area contributed by atoms with Crippen LogP contribution in [0.1, 0.15) is 10.4 Å². The number of nitrogens with zero attached hydrogens (tertiary/aromatic N) is 5. The normalized spacial score (nSPS) is 10.3. The number of carbonyl (C=O) groups is 1. The van der Waals surface area contributed by atoms with E-state index in [0.717, 1.165) is 0 Å². The van der Waals surface area contributed by atoms with Crippen molar-refractivity contribution in [2.45, 2.75) is 0 Å². The van der Waals surface area contributed by atoms with Crippen LogP contribution in [0.5, 0.6) is 0 Å². The fraction of sp³-hybridized carbons (Fsp3) is 0. The maximum atomic E-state index is 10.4. The van der Waals surface area contributed by atoms with E-state index in [1.54, 1.807) is 0 Å². The van der Waals surface area contributed by atoms with E-state index in [1.165, 1.54) is 16.9 Å². The summed E-state index contributed by atoms with van der Waals surface area (Å²) < 4.78 is 1.20. The van der Waals surface area contributed by atoms with Gasteiger partial charge in [-0.15, -0.1) is 0 Å². The van der Waals surface area contributed by atoms with Crippen molar-refractivity contribution in [3.8, 4) is 0 Å². The first-order valence-electron chi connectivity index (χ1n) is 3.04. The molecule has 7 heteroatoms. The summed E-state index contributed by atoms with van der Waals surface area (Å²) in [7, 11) is 0. The molecule has 0 unspecified atom stereocenters. The Kier molecular flexibility index (Phi) is 1.23. The number of carboxylic acid groups (broad SMARTS) is 1. The predicted octanol–water partition coefficient (Wildman–Crippen LogP) is -0.783. The minimum Gasteiger partial charge on any atom is -0.478 e. The molecular formula is C5H3N5O2. The Hall–Kier alpha value is -2.05. The molecule has 0 amide bonds. The Bertz CT molecular complexity index is 436. The highest BCUT2D eigenvalue weighted by molar-refractivity contribution is 5.86. The average molecular weight is 165 g/mol. The number of hydrogen-bond acceptors (Lipinski definition) is 5. The molecule has 0 radical (unpaired) electrons. The van der Waals surface area contributed by atoms with E-state index >= 15 is 0 Å². The maximum absolute atomic E-state index is 10.4. The van der Waals surface area contributed by atoms with Crippen LogP contribution in [-0.2, 0) is 0 Å². The molecule has 0 aliphatic rings. The van der Waals surface area contributed by atoms with Crippen molar-refractivity contribution in [3.05, 3.63) is 18.0 Å². The summed E-state index contributed by atoms with van der Waals surface area (Å²) in [6, 6.07) is 0. The van der Waals surface area contributed by atoms with Gasteiger partial charge in [0, 0.05) is 6.20 Å². The molecule has 0 spiro atoms. The molecule has 1 N–H and O–H groups in total. The van der Waals surface area contributed by atoms with Crippen molar-refractivity contribution >= 4 is 11.7 Å². The van der Waals surface area contributed by atoms with Gasteiger partial charge in [0.2, 0.25) is 0 Å². The summed E-state index contributed by atoms with van der Waals surface area (Å²) >= 11 is 0. The van der Waals surface area contributed by atoms with E-state index in [-0.39, 0.29) is 11.3 Å². The Balaban J connectivity index is 2.68. The van der Waals surface area contributed by atoms with Gasteiger partial charge in [-0.25, -0.2) is 9.78 Å². The van der Waals surface area contributed by atoms with Crippen LogP contribution in [0.4, 0.5) is 0 Å². The van der Waals surface area contributed by atoms with Crippen LogP contribution in [-0.4, -0.2) is 36.1 Å². The molecule has 7 nitrogen and oxygen atoms in total. The topological polar surface area (TPSA) is 93.3 Å². The SMILES string of the molecule is O=C(O)c1cnc2nnnn2c1. The largest absolute Gasteiger partial charge is 0.478 e. The molecule has 12 heavy (non-hydrogen) atoms. The molecule has 2 rings (SSSR count). The fourth-order valence-electron chi connectivity index (χ4n) is 0.760. The molecule has 0 saturated carbocycles. The van der Waals surface area contributed by atoms with Gasteiger partial charge in [-0.3, -0.25) is 0 Å². The lowest BCUT2D eigenvalue weighted by Crippen LogP contribution is -2.01. The third-order valence-electron chi connectivity index (χ3n) is 1.30. The number of rotatable bonds is 1. The first-order chi connectivity index (χ1) is 5.77. The van der Waals surface area contributed by atoms with Gasteiger partial charge in [0.25, 0.3) is 5.78 Å². The lowest BCUT2D eigenvalue weighted by molar-refractivity contribution is 0.0695. The Labute approximate surface area is 65.7 Å². The maximum Gasteiger partial charge on any atom is 0.338 e. The zero-order valence-corrected chi connectivity index (χ0v) is 5.75. The third kappa shape index (κ3) is 0.875. The van der Waals surface area contributed by atoms with Crippen molar-refractivity contribution in [2.24, 2.45) is 0 Å². The van der Waals surface area contributed by atoms with E-state index in [0.29, 0.717) is 0 Å². The number of hydrogen-bond donors (Lipinski definition) is 1. The van der Waals surface area contributed by atoms with Gasteiger partial charge >= 0.3 is 5.97 Å². The summed E-state index contributed by atoms with van der Waals surface area (Å²) in [5.74, 6) is -0.778. The predicted molar refractivity (Wildman–Crippen MR) is 35.5 cm³/mol. The van der Waals surface area contributed by atoms with E-state index in [9.17, 15) is 4.79 Å². The number of aromatic carboxylic acids is 1. The lowest BCUT2D eigenvalue weighted by Gasteiger charge is -1.91. The van der Waals surface area contributed by atoms with Crippen LogP contribution < -0.4 is 0 Å². The molecule has 2 aromatic rings. The standard InChI is InChI=1S/C5H3N5O2/c11-4(12)3-1-6-5-7-8-9-10(5)2-3/h1-2H,(H,11,12). The van der Waals surface area contributed by atoms with Crippen molar-refractivity contribution in [1.29, 1.82) is 0 Å². The molecule has 0 saturated heterocycles. The number of fused-ring (bicyclic) bond motifs is 1. The summed E-state index contributed by atoms with van der Waals surface area (Å²) in [6.07, 6.45) is 2.50. The molecule has 0 aliphatic heterocycles. The van der Waals surface area contributed by atoms with Gasteiger partial charge in [0.15, 0.2) is 0 Å². The van der Waals surface area contributed by atoms with E-state index in [4.69, 9.17) is 5.11 Å². The van der Waals surface area contributed by atoms with E-state index in [1.807, 2.05) is 0 Å². The van der Waals surface area contributed by atoms with Crippen LogP contribution in [0, 0.1) is 0 Å². The van der Waals surface area contributed by atoms with Gasteiger partial charge in [-0.1, -0.05) is 5.10 Å². The van der Waals surface area contributed by atoms with Gasteiger partial charge in [0.05, 0.1) is 11.8 Å². The lowest BCUT2D eigenvalue weighted by atomic mass is 10.4. The highest BCUT2D eigenvalue weighted by Crippen LogP contribution is 1.97. The fourth-order valence-corrected chi connectivity index (χ4v) is 0.760. The third-order valence-corrected chi connectivity index (χ3v) is 1.30. The van der Waals surface area contributed by atoms with E-state index < -0.39 is 5.97 Å². The van der Waals surface area contributed by atoms with Gasteiger partial charge in [-0.2, -0.15) is 4.52 Å². The summed E-state index contributed by atoms with van der Waals surface area (Å²) in [5.41, 5.74) is 0.0507. The Morgan fingerprint density at radius 1 is 1.58 bits per heavy atom. The molecular weight excluding hydrogens is 162 g/mol. The number of tetrazole rings is 1. The van der Waals surface area contributed by atoms with Crippen LogP contribution in [0.3, 0.4) is 0 Å². The molecule has 0 fully saturated rings. The molecule has 2 heterocycles. The first-order valence-corrected chi connectivity index (χ1v) is 3.04. The average Bonchev–Trinajstić information content (AvgIpc) is 2.49. The smallest absolute Gasteiger partial charge is 0.338 e. The number of aromatic nitrogens is 5. The zero-order valence-electron chi connectivity index (χ0n) is 5.75. The Morgan fingerprint density at radius 2 is 2.42 bits per heavy atom. The summed E-state index contributed by atoms with van der Waals surface area (Å²) in [5, 5.41) is 18.9. The summed E-state index contributed by atoms with van der Waals surface area (Å²) in [4.78, 5) is 14.2. The van der Waals surface area contributed by atoms with Crippen molar-refractivity contribution in [1.82, 2.24) is 25.0 Å². The van der Waals surface area contributed by atoms with Crippen LogP contribution in [0.15, 0.2) is 12.4 Å². The molecule has 0 aliphatic carbocycles. The molecule has 0 aromatic carbocycles. The van der Waals surface area contributed by atoms with E-state index in [2.05, 4.69) is 20.5 Å². The monoisotopic (exact) mass is 165 g/mol. The molecule has 2 aromatic heterocycles. The zero-order chi connectivity index (χ0) is 8.55. The first kappa shape index (κ1) is 6.65. The van der Waals surface area contributed by atoms with Crippen molar-refractivity contribution in [3.63, 3.8) is 0 Å². The van der Waals surface area contributed by atoms with Crippen LogP contribution >= 0.6 is 0 Å². The number of carboxylic acids is 1. The second-order valence-electron chi connectivity index (χ2n) is 2.07. The second kappa shape index (κ2) is 2.22.